The fourth-order valence-electron chi connectivity index (χ4n) is 3.85. The highest BCUT2D eigenvalue weighted by Gasteiger charge is 2.26. The number of aliphatic hydroxyl groups excluding tert-OH is 1. The molecule has 0 spiro atoms. The Morgan fingerprint density at radius 3 is 2.67 bits per heavy atom. The molecule has 0 aromatic carbocycles. The molecule has 2 aliphatic heterocycles. The first kappa shape index (κ1) is 17.8. The van der Waals surface area contributed by atoms with Gasteiger partial charge in [0.1, 0.15) is 11.6 Å². The molecule has 2 aliphatic rings. The molecule has 3 rings (SSSR count). The van der Waals surface area contributed by atoms with E-state index in [2.05, 4.69) is 19.9 Å². The lowest BCUT2D eigenvalue weighted by molar-refractivity contribution is -0.00189. The normalized spacial score (nSPS) is 25.0. The molecule has 7 nitrogen and oxygen atoms in total. The monoisotopic (exact) mass is 337 g/mol. The molecule has 1 aromatic rings. The third-order valence-corrected chi connectivity index (χ3v) is 5.11. The Morgan fingerprint density at radius 2 is 1.96 bits per heavy atom. The number of hydrogen-bond donors (Lipinski definition) is 1. The van der Waals surface area contributed by atoms with Gasteiger partial charge >= 0.3 is 0 Å². The van der Waals surface area contributed by atoms with E-state index in [1.54, 1.807) is 0 Å². The van der Waals surface area contributed by atoms with Crippen molar-refractivity contribution in [3.8, 4) is 0 Å². The molecule has 2 fully saturated rings. The van der Waals surface area contributed by atoms with Gasteiger partial charge < -0.3 is 9.84 Å². The second kappa shape index (κ2) is 8.38. The second-order valence-electron chi connectivity index (χ2n) is 7.10. The Labute approximate surface area is 144 Å². The van der Waals surface area contributed by atoms with Crippen molar-refractivity contribution in [1.82, 2.24) is 24.6 Å². The molecule has 0 radical (unpaired) electrons. The molecule has 2 saturated heterocycles. The molecule has 1 aromatic heterocycles. The zero-order valence-corrected chi connectivity index (χ0v) is 15.0. The number of likely N-dealkylation sites (tertiary alicyclic amines) is 1. The Balaban J connectivity index is 1.54. The van der Waals surface area contributed by atoms with E-state index in [4.69, 9.17) is 4.74 Å². The maximum Gasteiger partial charge on any atom is 0.147 e. The van der Waals surface area contributed by atoms with E-state index in [-0.39, 0.29) is 6.10 Å². The Morgan fingerprint density at radius 1 is 1.17 bits per heavy atom. The van der Waals surface area contributed by atoms with E-state index >= 15 is 0 Å². The molecule has 0 unspecified atom stereocenters. The topological polar surface area (TPSA) is 66.7 Å². The number of aromatic nitrogens is 3. The molecule has 24 heavy (non-hydrogen) atoms. The molecule has 7 heteroatoms. The lowest BCUT2D eigenvalue weighted by Gasteiger charge is -2.38. The highest BCUT2D eigenvalue weighted by Crippen LogP contribution is 2.19. The van der Waals surface area contributed by atoms with Crippen LogP contribution in [0.15, 0.2) is 0 Å². The van der Waals surface area contributed by atoms with Crippen molar-refractivity contribution in [2.75, 3.05) is 45.9 Å². The Kier molecular flexibility index (Phi) is 6.21. The first-order chi connectivity index (χ1) is 11.6. The van der Waals surface area contributed by atoms with Gasteiger partial charge in [0, 0.05) is 32.2 Å². The maximum atomic E-state index is 10.5. The average Bonchev–Trinajstić information content (AvgIpc) is 2.87. The van der Waals surface area contributed by atoms with Gasteiger partial charge in [-0.3, -0.25) is 9.80 Å². The molecule has 136 valence electrons. The highest BCUT2D eigenvalue weighted by atomic mass is 16.5. The summed E-state index contributed by atoms with van der Waals surface area (Å²) < 4.78 is 7.40. The van der Waals surface area contributed by atoms with Gasteiger partial charge in [-0.25, -0.2) is 9.67 Å². The van der Waals surface area contributed by atoms with Crippen molar-refractivity contribution in [2.24, 2.45) is 0 Å². The number of β-amino-alcohol motifs (C(OH)–C–C–N with tert-alkyl or cyclic N) is 1. The molecule has 0 amide bonds. The van der Waals surface area contributed by atoms with Crippen molar-refractivity contribution >= 4 is 0 Å². The summed E-state index contributed by atoms with van der Waals surface area (Å²) in [5.74, 6) is 1.81. The summed E-state index contributed by atoms with van der Waals surface area (Å²) in [6.45, 7) is 10.8. The van der Waals surface area contributed by atoms with E-state index in [0.29, 0.717) is 6.04 Å². The van der Waals surface area contributed by atoms with Gasteiger partial charge in [0.2, 0.25) is 0 Å². The molecule has 1 N–H and O–H groups in total. The molecule has 0 bridgehead atoms. The molecule has 2 atom stereocenters. The molecule has 0 aliphatic carbocycles. The van der Waals surface area contributed by atoms with Crippen molar-refractivity contribution < 1.29 is 9.84 Å². The summed E-state index contributed by atoms with van der Waals surface area (Å²) in [5.41, 5.74) is 0. The van der Waals surface area contributed by atoms with Crippen LogP contribution in [0.4, 0.5) is 0 Å². The quantitative estimate of drug-likeness (QED) is 0.813. The van der Waals surface area contributed by atoms with Gasteiger partial charge in [-0.1, -0.05) is 6.42 Å². The standard InChI is InChI=1S/C17H31N5O2/c1-14-18-15(2)22(19-14)11-16-5-3-4-6-21(16)13-17(23)12-20-7-9-24-10-8-20/h16-17,23H,3-13H2,1-2H3/t16-,17+/m1/s1. The summed E-state index contributed by atoms with van der Waals surface area (Å²) in [6, 6.07) is 0.442. The number of hydrogen-bond acceptors (Lipinski definition) is 6. The van der Waals surface area contributed by atoms with E-state index in [1.165, 1.54) is 19.3 Å². The predicted octanol–water partition coefficient (Wildman–Crippen LogP) is 0.443. The maximum absolute atomic E-state index is 10.5. The summed E-state index contributed by atoms with van der Waals surface area (Å²) >= 11 is 0. The van der Waals surface area contributed by atoms with Gasteiger partial charge in [0.15, 0.2) is 0 Å². The highest BCUT2D eigenvalue weighted by molar-refractivity contribution is 4.90. The van der Waals surface area contributed by atoms with Crippen molar-refractivity contribution in [2.45, 2.75) is 51.8 Å². The van der Waals surface area contributed by atoms with Crippen LogP contribution in [0.25, 0.3) is 0 Å². The number of piperidine rings is 1. The number of morpholine rings is 1. The van der Waals surface area contributed by atoms with Crippen LogP contribution in [0, 0.1) is 13.8 Å². The van der Waals surface area contributed by atoms with Crippen LogP contribution in [0.1, 0.15) is 30.9 Å². The fourth-order valence-corrected chi connectivity index (χ4v) is 3.85. The van der Waals surface area contributed by atoms with E-state index in [9.17, 15) is 5.11 Å². The van der Waals surface area contributed by atoms with Gasteiger partial charge in [0.05, 0.1) is 25.9 Å². The third-order valence-electron chi connectivity index (χ3n) is 5.11. The van der Waals surface area contributed by atoms with Gasteiger partial charge in [-0.05, 0) is 33.2 Å². The van der Waals surface area contributed by atoms with E-state index in [0.717, 1.165) is 64.1 Å². The van der Waals surface area contributed by atoms with Crippen LogP contribution in [0.5, 0.6) is 0 Å². The van der Waals surface area contributed by atoms with Crippen LogP contribution < -0.4 is 0 Å². The number of rotatable bonds is 6. The minimum Gasteiger partial charge on any atom is -0.390 e. The number of aliphatic hydroxyl groups is 1. The molecule has 3 heterocycles. The first-order valence-corrected chi connectivity index (χ1v) is 9.22. The summed E-state index contributed by atoms with van der Waals surface area (Å²) in [4.78, 5) is 9.16. The van der Waals surface area contributed by atoms with Gasteiger partial charge in [-0.15, -0.1) is 0 Å². The molecular weight excluding hydrogens is 306 g/mol. The Bertz CT molecular complexity index is 515. The van der Waals surface area contributed by atoms with Crippen molar-refractivity contribution in [1.29, 1.82) is 0 Å². The van der Waals surface area contributed by atoms with Crippen LogP contribution in [0.3, 0.4) is 0 Å². The second-order valence-corrected chi connectivity index (χ2v) is 7.10. The largest absolute Gasteiger partial charge is 0.390 e. The zero-order valence-electron chi connectivity index (χ0n) is 15.0. The lowest BCUT2D eigenvalue weighted by Crippen LogP contribution is -2.49. The number of ether oxygens (including phenoxy) is 1. The van der Waals surface area contributed by atoms with E-state index in [1.807, 2.05) is 18.5 Å². The van der Waals surface area contributed by atoms with Crippen molar-refractivity contribution in [3.63, 3.8) is 0 Å². The number of nitrogens with zero attached hydrogens (tertiary/aromatic N) is 5. The van der Waals surface area contributed by atoms with Crippen LogP contribution >= 0.6 is 0 Å². The van der Waals surface area contributed by atoms with Crippen LogP contribution in [-0.2, 0) is 11.3 Å². The molecular formula is C17H31N5O2. The lowest BCUT2D eigenvalue weighted by atomic mass is 10.0. The van der Waals surface area contributed by atoms with Crippen molar-refractivity contribution in [3.05, 3.63) is 11.6 Å². The summed E-state index contributed by atoms with van der Waals surface area (Å²) in [6.07, 6.45) is 3.34. The van der Waals surface area contributed by atoms with Crippen LogP contribution in [0.2, 0.25) is 0 Å². The third kappa shape index (κ3) is 4.75. The fraction of sp³-hybridized carbons (Fsp3) is 0.882. The smallest absolute Gasteiger partial charge is 0.147 e. The summed E-state index contributed by atoms with van der Waals surface area (Å²) in [5, 5.41) is 15.0. The van der Waals surface area contributed by atoms with Gasteiger partial charge in [0.25, 0.3) is 0 Å². The van der Waals surface area contributed by atoms with Crippen LogP contribution in [-0.4, -0.2) is 87.8 Å². The van der Waals surface area contributed by atoms with Gasteiger partial charge in [-0.2, -0.15) is 5.10 Å². The first-order valence-electron chi connectivity index (χ1n) is 9.22. The Hall–Kier alpha value is -1.02. The zero-order chi connectivity index (χ0) is 16.9. The minimum absolute atomic E-state index is 0.303. The SMILES string of the molecule is Cc1nc(C)n(C[C@H]2CCCCN2C[C@@H](O)CN2CCOCC2)n1. The van der Waals surface area contributed by atoms with E-state index < -0.39 is 0 Å². The minimum atomic E-state index is -0.303. The number of aryl methyl sites for hydroxylation is 2. The predicted molar refractivity (Wildman–Crippen MR) is 92.0 cm³/mol. The summed E-state index contributed by atoms with van der Waals surface area (Å²) in [7, 11) is 0. The molecule has 0 saturated carbocycles. The average molecular weight is 337 g/mol.